The Labute approximate surface area is 112 Å². The summed E-state index contributed by atoms with van der Waals surface area (Å²) in [5, 5.41) is 0. The van der Waals surface area contributed by atoms with Gasteiger partial charge in [-0.1, -0.05) is 30.3 Å². The zero-order chi connectivity index (χ0) is 14.3. The van der Waals surface area contributed by atoms with Crippen LogP contribution in [-0.4, -0.2) is 36.2 Å². The fourth-order valence-electron chi connectivity index (χ4n) is 1.61. The summed E-state index contributed by atoms with van der Waals surface area (Å²) in [6.07, 6.45) is -0.171. The fourth-order valence-corrected chi connectivity index (χ4v) is 1.61. The quantitative estimate of drug-likeness (QED) is 0.832. The van der Waals surface area contributed by atoms with Crippen LogP contribution in [0.15, 0.2) is 30.3 Å². The summed E-state index contributed by atoms with van der Waals surface area (Å²) in [6.45, 7) is 1.84. The largest absolute Gasteiger partial charge is 0.447 e. The van der Waals surface area contributed by atoms with E-state index < -0.39 is 12.1 Å². The molecule has 104 valence electrons. The van der Waals surface area contributed by atoms with E-state index in [1.807, 2.05) is 30.3 Å². The highest BCUT2D eigenvalue weighted by Crippen LogP contribution is 2.03. The lowest BCUT2D eigenvalue weighted by molar-refractivity contribution is 0.107. The van der Waals surface area contributed by atoms with Crippen LogP contribution in [0.3, 0.4) is 0 Å². The number of imide groups is 1. The van der Waals surface area contributed by atoms with Gasteiger partial charge in [-0.2, -0.15) is 0 Å². The Morgan fingerprint density at radius 3 is 2.47 bits per heavy atom. The lowest BCUT2D eigenvalue weighted by atomic mass is 10.1. The summed E-state index contributed by atoms with van der Waals surface area (Å²) >= 11 is 0. The standard InChI is InChI=1S/C13H19N3O3/c1-2-16(12(15)17)13(18)19-9-11(14)8-10-6-4-3-5-7-10/h3-7,11H,2,8-9,14H2,1H3,(H2,15,17)/t11-/m1/s1. The SMILES string of the molecule is CCN(C(N)=O)C(=O)OC[C@H](N)Cc1ccccc1. The average molecular weight is 265 g/mol. The Morgan fingerprint density at radius 1 is 1.32 bits per heavy atom. The van der Waals surface area contributed by atoms with Gasteiger partial charge in [-0.25, -0.2) is 14.5 Å². The number of carbonyl (C=O) groups is 2. The van der Waals surface area contributed by atoms with Crippen molar-refractivity contribution in [1.29, 1.82) is 0 Å². The molecule has 3 amide bonds. The molecule has 0 aliphatic heterocycles. The van der Waals surface area contributed by atoms with Crippen LogP contribution in [-0.2, 0) is 11.2 Å². The van der Waals surface area contributed by atoms with Crippen LogP contribution < -0.4 is 11.5 Å². The van der Waals surface area contributed by atoms with Crippen LogP contribution in [0.25, 0.3) is 0 Å². The minimum absolute atomic E-state index is 0.0392. The van der Waals surface area contributed by atoms with Crippen LogP contribution in [0.1, 0.15) is 12.5 Å². The summed E-state index contributed by atoms with van der Waals surface area (Å²) in [4.78, 5) is 23.3. The molecule has 0 saturated heterocycles. The third kappa shape index (κ3) is 4.97. The van der Waals surface area contributed by atoms with Crippen molar-refractivity contribution in [3.8, 4) is 0 Å². The van der Waals surface area contributed by atoms with Gasteiger partial charge in [-0.3, -0.25) is 0 Å². The zero-order valence-corrected chi connectivity index (χ0v) is 10.9. The number of primary amides is 1. The van der Waals surface area contributed by atoms with Gasteiger partial charge in [0.2, 0.25) is 0 Å². The van der Waals surface area contributed by atoms with E-state index in [-0.39, 0.29) is 19.2 Å². The van der Waals surface area contributed by atoms with Gasteiger partial charge >= 0.3 is 12.1 Å². The predicted octanol–water partition coefficient (Wildman–Crippen LogP) is 1.09. The van der Waals surface area contributed by atoms with Gasteiger partial charge in [0.15, 0.2) is 0 Å². The van der Waals surface area contributed by atoms with Crippen molar-refractivity contribution in [1.82, 2.24) is 4.90 Å². The Balaban J connectivity index is 2.40. The molecule has 1 rings (SSSR count). The molecule has 19 heavy (non-hydrogen) atoms. The minimum Gasteiger partial charge on any atom is -0.447 e. The molecule has 0 fully saturated rings. The number of hydrogen-bond acceptors (Lipinski definition) is 4. The summed E-state index contributed by atoms with van der Waals surface area (Å²) < 4.78 is 4.95. The van der Waals surface area contributed by atoms with E-state index in [1.54, 1.807) is 6.92 Å². The molecule has 4 N–H and O–H groups in total. The van der Waals surface area contributed by atoms with Gasteiger partial charge in [-0.05, 0) is 18.9 Å². The Bertz CT molecular complexity index is 422. The highest BCUT2D eigenvalue weighted by Gasteiger charge is 2.19. The molecule has 0 spiro atoms. The Kier molecular flexibility index (Phi) is 5.81. The maximum atomic E-state index is 11.5. The number of hydrogen-bond donors (Lipinski definition) is 2. The van der Waals surface area contributed by atoms with Crippen molar-refractivity contribution in [2.75, 3.05) is 13.2 Å². The molecule has 0 bridgehead atoms. The minimum atomic E-state index is -0.830. The highest BCUT2D eigenvalue weighted by molar-refractivity contribution is 5.89. The maximum Gasteiger partial charge on any atom is 0.418 e. The van der Waals surface area contributed by atoms with E-state index in [1.165, 1.54) is 0 Å². The second kappa shape index (κ2) is 7.38. The van der Waals surface area contributed by atoms with Gasteiger partial charge < -0.3 is 16.2 Å². The van der Waals surface area contributed by atoms with Crippen molar-refractivity contribution in [2.45, 2.75) is 19.4 Å². The zero-order valence-electron chi connectivity index (χ0n) is 10.9. The molecule has 0 saturated carbocycles. The average Bonchev–Trinajstić information content (AvgIpc) is 2.38. The van der Waals surface area contributed by atoms with Gasteiger partial charge in [-0.15, -0.1) is 0 Å². The van der Waals surface area contributed by atoms with Gasteiger partial charge in [0.1, 0.15) is 6.61 Å². The van der Waals surface area contributed by atoms with Crippen LogP contribution in [0.2, 0.25) is 0 Å². The summed E-state index contributed by atoms with van der Waals surface area (Å²) in [5.41, 5.74) is 12.0. The molecule has 0 aliphatic carbocycles. The van der Waals surface area contributed by atoms with E-state index in [0.717, 1.165) is 10.5 Å². The van der Waals surface area contributed by atoms with E-state index in [9.17, 15) is 9.59 Å². The van der Waals surface area contributed by atoms with Crippen molar-refractivity contribution in [2.24, 2.45) is 11.5 Å². The molecule has 0 aromatic heterocycles. The van der Waals surface area contributed by atoms with Crippen molar-refractivity contribution in [3.05, 3.63) is 35.9 Å². The molecular formula is C13H19N3O3. The first kappa shape index (κ1) is 15.0. The van der Waals surface area contributed by atoms with Crippen molar-refractivity contribution >= 4 is 12.1 Å². The van der Waals surface area contributed by atoms with Crippen LogP contribution in [0.5, 0.6) is 0 Å². The first-order valence-corrected chi connectivity index (χ1v) is 6.07. The molecule has 0 heterocycles. The predicted molar refractivity (Wildman–Crippen MR) is 71.4 cm³/mol. The molecule has 1 atom stereocenters. The smallest absolute Gasteiger partial charge is 0.418 e. The van der Waals surface area contributed by atoms with Crippen molar-refractivity contribution < 1.29 is 14.3 Å². The number of benzene rings is 1. The number of amides is 3. The monoisotopic (exact) mass is 265 g/mol. The number of nitrogens with zero attached hydrogens (tertiary/aromatic N) is 1. The number of rotatable bonds is 5. The second-order valence-electron chi connectivity index (χ2n) is 4.11. The summed E-state index contributed by atoms with van der Waals surface area (Å²) in [7, 11) is 0. The Morgan fingerprint density at radius 2 is 1.95 bits per heavy atom. The van der Waals surface area contributed by atoms with Crippen LogP contribution >= 0.6 is 0 Å². The topological polar surface area (TPSA) is 98.6 Å². The highest BCUT2D eigenvalue weighted by atomic mass is 16.6. The first-order chi connectivity index (χ1) is 9.04. The van der Waals surface area contributed by atoms with E-state index in [4.69, 9.17) is 16.2 Å². The number of urea groups is 1. The lowest BCUT2D eigenvalue weighted by Gasteiger charge is -2.18. The Hall–Kier alpha value is -2.08. The second-order valence-corrected chi connectivity index (χ2v) is 4.11. The third-order valence-electron chi connectivity index (χ3n) is 2.56. The number of carbonyl (C=O) groups excluding carboxylic acids is 2. The van der Waals surface area contributed by atoms with Crippen LogP contribution in [0.4, 0.5) is 9.59 Å². The normalized spacial score (nSPS) is 11.7. The van der Waals surface area contributed by atoms with Gasteiger partial charge in [0.05, 0.1) is 0 Å². The van der Waals surface area contributed by atoms with E-state index in [2.05, 4.69) is 0 Å². The summed E-state index contributed by atoms with van der Waals surface area (Å²) in [5.74, 6) is 0. The lowest BCUT2D eigenvalue weighted by Crippen LogP contribution is -2.42. The third-order valence-corrected chi connectivity index (χ3v) is 2.56. The van der Waals surface area contributed by atoms with E-state index >= 15 is 0 Å². The summed E-state index contributed by atoms with van der Waals surface area (Å²) in [6, 6.07) is 8.50. The number of ether oxygens (including phenoxy) is 1. The molecule has 6 nitrogen and oxygen atoms in total. The first-order valence-electron chi connectivity index (χ1n) is 6.07. The molecule has 0 aliphatic rings. The maximum absolute atomic E-state index is 11.5. The molecule has 0 unspecified atom stereocenters. The molecule has 6 heteroatoms. The van der Waals surface area contributed by atoms with Gasteiger partial charge in [0.25, 0.3) is 0 Å². The van der Waals surface area contributed by atoms with Gasteiger partial charge in [0, 0.05) is 12.6 Å². The van der Waals surface area contributed by atoms with E-state index in [0.29, 0.717) is 6.42 Å². The molecular weight excluding hydrogens is 246 g/mol. The molecule has 0 radical (unpaired) electrons. The number of nitrogens with two attached hydrogens (primary N) is 2. The van der Waals surface area contributed by atoms with Crippen molar-refractivity contribution in [3.63, 3.8) is 0 Å². The molecule has 1 aromatic carbocycles. The fraction of sp³-hybridized carbons (Fsp3) is 0.385. The molecule has 1 aromatic rings. The van der Waals surface area contributed by atoms with Crippen LogP contribution in [0, 0.1) is 0 Å².